The third-order valence-corrected chi connectivity index (χ3v) is 6.64. The Labute approximate surface area is 164 Å². The minimum atomic E-state index is -0.599. The highest BCUT2D eigenvalue weighted by molar-refractivity contribution is 6.21. The first-order chi connectivity index (χ1) is 13.4. The third kappa shape index (κ3) is 2.00. The van der Waals surface area contributed by atoms with Gasteiger partial charge in [0.2, 0.25) is 0 Å². The number of imide groups is 1. The van der Waals surface area contributed by atoms with Gasteiger partial charge in [-0.2, -0.15) is 10.0 Å². The molecular formula is C21H25N3O4. The molecule has 3 fully saturated rings. The number of hydrogen-bond acceptors (Lipinski definition) is 5. The van der Waals surface area contributed by atoms with Crippen molar-refractivity contribution in [3.63, 3.8) is 0 Å². The maximum Gasteiger partial charge on any atom is 0.411 e. The average Bonchev–Trinajstić information content (AvgIpc) is 3.52. The minimum absolute atomic E-state index is 0.0313. The molecule has 3 amide bonds. The van der Waals surface area contributed by atoms with Crippen molar-refractivity contribution in [1.82, 2.24) is 14.9 Å². The molecule has 1 aromatic carbocycles. The molecule has 3 saturated heterocycles. The molecule has 4 aliphatic rings. The molecule has 1 spiro atoms. The first-order valence-electron chi connectivity index (χ1n) is 10.1. The topological polar surface area (TPSA) is 69.7 Å². The van der Waals surface area contributed by atoms with Crippen LogP contribution < -0.4 is 0 Å². The Morgan fingerprint density at radius 2 is 1.71 bits per heavy atom. The van der Waals surface area contributed by atoms with Gasteiger partial charge in [0, 0.05) is 5.41 Å². The molecule has 7 nitrogen and oxygen atoms in total. The van der Waals surface area contributed by atoms with Gasteiger partial charge in [-0.25, -0.2) is 4.79 Å². The smallest absolute Gasteiger partial charge is 0.411 e. The molecule has 0 radical (unpaired) electrons. The Hall–Kier alpha value is -2.41. The van der Waals surface area contributed by atoms with Gasteiger partial charge in [0.15, 0.2) is 5.66 Å². The van der Waals surface area contributed by atoms with Crippen LogP contribution >= 0.6 is 0 Å². The number of rotatable bonds is 5. The van der Waals surface area contributed by atoms with Crippen LogP contribution in [0.25, 0.3) is 0 Å². The zero-order valence-corrected chi connectivity index (χ0v) is 16.5. The molecule has 7 heteroatoms. The van der Waals surface area contributed by atoms with Gasteiger partial charge in [-0.05, 0) is 18.6 Å². The predicted molar refractivity (Wildman–Crippen MR) is 100 cm³/mol. The third-order valence-electron chi connectivity index (χ3n) is 6.64. The monoisotopic (exact) mass is 383 g/mol. The Kier molecular flexibility index (Phi) is 3.51. The molecule has 28 heavy (non-hydrogen) atoms. The number of nitrogens with zero attached hydrogens (tertiary/aromatic N) is 3. The summed E-state index contributed by atoms with van der Waals surface area (Å²) in [6.45, 7) is 6.65. The number of benzene rings is 1. The molecule has 4 atom stereocenters. The second kappa shape index (κ2) is 5.56. The summed E-state index contributed by atoms with van der Waals surface area (Å²) in [4.78, 5) is 40.3. The van der Waals surface area contributed by atoms with Crippen molar-refractivity contribution >= 4 is 17.9 Å². The standard InChI is InChI=1S/C21H25N3O4/c1-4-5-6-11-15-21(18-20(2,3)12-28-19(27)22(18)21)24(15)23-16(25)13-9-7-8-10-14(13)17(23)26/h7-10,15,18H,4-6,11-12H2,1-3H3/t15-,18-,21?,22?,24?/m1/s1. The fraction of sp³-hybridized carbons (Fsp3) is 0.571. The quantitative estimate of drug-likeness (QED) is 0.444. The van der Waals surface area contributed by atoms with Crippen molar-refractivity contribution in [1.29, 1.82) is 0 Å². The molecule has 2 unspecified atom stereocenters. The van der Waals surface area contributed by atoms with Gasteiger partial charge in [0.1, 0.15) is 6.61 Å². The van der Waals surface area contributed by atoms with E-state index in [0.29, 0.717) is 17.7 Å². The fourth-order valence-corrected chi connectivity index (χ4v) is 5.38. The summed E-state index contributed by atoms with van der Waals surface area (Å²) in [6, 6.07) is 6.84. The second-order valence-corrected chi connectivity index (χ2v) is 8.92. The van der Waals surface area contributed by atoms with E-state index >= 15 is 0 Å². The van der Waals surface area contributed by atoms with E-state index in [-0.39, 0.29) is 35.4 Å². The van der Waals surface area contributed by atoms with Crippen LogP contribution in [0.5, 0.6) is 0 Å². The number of carbonyl (C=O) groups excluding carboxylic acids is 3. The van der Waals surface area contributed by atoms with Crippen LogP contribution in [0.15, 0.2) is 24.3 Å². The maximum absolute atomic E-state index is 13.1. The molecule has 148 valence electrons. The lowest BCUT2D eigenvalue weighted by Crippen LogP contribution is -2.39. The largest absolute Gasteiger partial charge is 0.449 e. The van der Waals surface area contributed by atoms with Crippen LogP contribution in [0.4, 0.5) is 4.79 Å². The maximum atomic E-state index is 13.1. The van der Waals surface area contributed by atoms with E-state index in [1.54, 1.807) is 29.2 Å². The Bertz CT molecular complexity index is 862. The summed E-state index contributed by atoms with van der Waals surface area (Å²) in [6.07, 6.45) is 3.67. The fourth-order valence-electron chi connectivity index (χ4n) is 5.38. The summed E-state index contributed by atoms with van der Waals surface area (Å²) in [5, 5.41) is 3.15. The van der Waals surface area contributed by atoms with Gasteiger partial charge < -0.3 is 4.74 Å². The van der Waals surface area contributed by atoms with Crippen LogP contribution in [-0.4, -0.2) is 57.2 Å². The zero-order valence-electron chi connectivity index (χ0n) is 16.5. The number of carbonyl (C=O) groups is 3. The van der Waals surface area contributed by atoms with E-state index < -0.39 is 5.66 Å². The van der Waals surface area contributed by atoms with Crippen LogP contribution in [0.3, 0.4) is 0 Å². The molecule has 0 bridgehead atoms. The number of unbranched alkanes of at least 4 members (excludes halogenated alkanes) is 2. The second-order valence-electron chi connectivity index (χ2n) is 8.92. The SMILES string of the molecule is CCCCC[C@H]1N(N2C(=O)c3ccccc3C2=O)C12[C@@H]1N2C(=O)OCC1(C)C. The van der Waals surface area contributed by atoms with Crippen LogP contribution in [0.2, 0.25) is 0 Å². The van der Waals surface area contributed by atoms with Crippen molar-refractivity contribution < 1.29 is 19.1 Å². The lowest BCUT2D eigenvalue weighted by molar-refractivity contribution is 0.0304. The van der Waals surface area contributed by atoms with Gasteiger partial charge in [-0.3, -0.25) is 14.5 Å². The van der Waals surface area contributed by atoms with E-state index in [2.05, 4.69) is 20.8 Å². The van der Waals surface area contributed by atoms with Crippen molar-refractivity contribution in [2.75, 3.05) is 6.61 Å². The Morgan fingerprint density at radius 3 is 2.29 bits per heavy atom. The Morgan fingerprint density at radius 1 is 1.07 bits per heavy atom. The van der Waals surface area contributed by atoms with Crippen molar-refractivity contribution in [3.05, 3.63) is 35.4 Å². The molecule has 0 saturated carbocycles. The lowest BCUT2D eigenvalue weighted by Gasteiger charge is -2.27. The van der Waals surface area contributed by atoms with Crippen LogP contribution in [0, 0.1) is 5.41 Å². The molecular weight excluding hydrogens is 358 g/mol. The summed E-state index contributed by atoms with van der Waals surface area (Å²) >= 11 is 0. The van der Waals surface area contributed by atoms with Gasteiger partial charge in [-0.1, -0.05) is 52.2 Å². The van der Waals surface area contributed by atoms with Crippen molar-refractivity contribution in [2.24, 2.45) is 5.41 Å². The van der Waals surface area contributed by atoms with E-state index in [1.165, 1.54) is 5.01 Å². The first-order valence-corrected chi connectivity index (χ1v) is 10.1. The van der Waals surface area contributed by atoms with Crippen molar-refractivity contribution in [2.45, 2.75) is 64.2 Å². The summed E-state index contributed by atoms with van der Waals surface area (Å²) < 4.78 is 5.40. The van der Waals surface area contributed by atoms with Gasteiger partial charge in [-0.15, -0.1) is 0 Å². The number of hydrogen-bond donors (Lipinski definition) is 0. The summed E-state index contributed by atoms with van der Waals surface area (Å²) in [5.74, 6) is -0.594. The van der Waals surface area contributed by atoms with E-state index in [0.717, 1.165) is 25.7 Å². The highest BCUT2D eigenvalue weighted by atomic mass is 16.6. The number of ether oxygens (including phenoxy) is 1. The molecule has 1 aromatic rings. The summed E-state index contributed by atoms with van der Waals surface area (Å²) in [7, 11) is 0. The number of cyclic esters (lactones) is 1. The molecule has 0 aliphatic carbocycles. The minimum Gasteiger partial charge on any atom is -0.449 e. The number of amides is 3. The van der Waals surface area contributed by atoms with Gasteiger partial charge >= 0.3 is 6.09 Å². The van der Waals surface area contributed by atoms with E-state index in [4.69, 9.17) is 4.74 Å². The normalized spacial score (nSPS) is 34.4. The zero-order chi connectivity index (χ0) is 19.8. The van der Waals surface area contributed by atoms with Gasteiger partial charge in [0.25, 0.3) is 11.8 Å². The first kappa shape index (κ1) is 17.7. The van der Waals surface area contributed by atoms with E-state index in [1.807, 2.05) is 5.01 Å². The lowest BCUT2D eigenvalue weighted by atomic mass is 9.86. The molecule has 0 aromatic heterocycles. The van der Waals surface area contributed by atoms with Crippen molar-refractivity contribution in [3.8, 4) is 0 Å². The molecule has 5 rings (SSSR count). The average molecular weight is 383 g/mol. The molecule has 4 aliphatic heterocycles. The summed E-state index contributed by atoms with van der Waals surface area (Å²) in [5.41, 5.74) is 0.0346. The number of fused-ring (bicyclic) bond motifs is 4. The highest BCUT2D eigenvalue weighted by Gasteiger charge is 2.91. The molecule has 0 N–H and O–H groups in total. The van der Waals surface area contributed by atoms with Crippen LogP contribution in [0.1, 0.15) is 67.2 Å². The predicted octanol–water partition coefficient (Wildman–Crippen LogP) is 3.02. The number of hydrazine groups is 1. The van der Waals surface area contributed by atoms with Crippen LogP contribution in [-0.2, 0) is 4.74 Å². The van der Waals surface area contributed by atoms with Gasteiger partial charge in [0.05, 0.1) is 23.2 Å². The Balaban J connectivity index is 1.51. The van der Waals surface area contributed by atoms with E-state index in [9.17, 15) is 14.4 Å². The molecule has 4 heterocycles. The highest BCUT2D eigenvalue weighted by Crippen LogP contribution is 2.69.